The van der Waals surface area contributed by atoms with Crippen molar-refractivity contribution in [3.05, 3.63) is 113 Å². The first-order chi connectivity index (χ1) is 15.8. The number of aromatic amines is 1. The molecule has 0 aliphatic heterocycles. The normalized spacial score (nSPS) is 11.2. The molecule has 2 heterocycles. The van der Waals surface area contributed by atoms with Gasteiger partial charge in [-0.25, -0.2) is 4.98 Å². The SMILES string of the molecule is O=c1cccc2c3ccccc3c3ccc(Oc4cccc(-c5ccccc5)n4)[nH]c3c12. The number of aromatic nitrogens is 2. The van der Waals surface area contributed by atoms with Gasteiger partial charge in [0.15, 0.2) is 11.3 Å². The second-order valence-electron chi connectivity index (χ2n) is 7.66. The molecule has 0 saturated heterocycles. The zero-order chi connectivity index (χ0) is 21.5. The monoisotopic (exact) mass is 414 g/mol. The van der Waals surface area contributed by atoms with Crippen LogP contribution in [0.25, 0.3) is 43.7 Å². The van der Waals surface area contributed by atoms with E-state index >= 15 is 0 Å². The van der Waals surface area contributed by atoms with Gasteiger partial charge in [-0.1, -0.05) is 72.8 Å². The van der Waals surface area contributed by atoms with Crippen LogP contribution in [0.3, 0.4) is 0 Å². The first-order valence-electron chi connectivity index (χ1n) is 10.4. The molecule has 4 nitrogen and oxygen atoms in total. The summed E-state index contributed by atoms with van der Waals surface area (Å²) in [6.45, 7) is 0. The fourth-order valence-electron chi connectivity index (χ4n) is 4.28. The van der Waals surface area contributed by atoms with Crippen molar-refractivity contribution in [2.45, 2.75) is 0 Å². The summed E-state index contributed by atoms with van der Waals surface area (Å²) < 4.78 is 6.08. The van der Waals surface area contributed by atoms with Crippen LogP contribution in [0.1, 0.15) is 0 Å². The van der Waals surface area contributed by atoms with E-state index in [4.69, 9.17) is 4.74 Å². The maximum absolute atomic E-state index is 12.8. The first-order valence-corrected chi connectivity index (χ1v) is 10.4. The van der Waals surface area contributed by atoms with E-state index in [9.17, 15) is 4.79 Å². The van der Waals surface area contributed by atoms with E-state index in [0.717, 1.165) is 38.3 Å². The highest BCUT2D eigenvalue weighted by Crippen LogP contribution is 2.34. The Bertz CT molecular complexity index is 1670. The van der Waals surface area contributed by atoms with Crippen molar-refractivity contribution in [2.75, 3.05) is 0 Å². The second-order valence-corrected chi connectivity index (χ2v) is 7.66. The van der Waals surface area contributed by atoms with Crippen LogP contribution in [0.4, 0.5) is 0 Å². The average molecular weight is 414 g/mol. The highest BCUT2D eigenvalue weighted by Gasteiger charge is 2.12. The molecule has 0 bridgehead atoms. The van der Waals surface area contributed by atoms with Crippen LogP contribution in [-0.2, 0) is 0 Å². The molecule has 6 rings (SSSR count). The number of nitrogens with zero attached hydrogens (tertiary/aromatic N) is 1. The molecule has 0 aliphatic rings. The Morgan fingerprint density at radius 3 is 2.19 bits per heavy atom. The van der Waals surface area contributed by atoms with Gasteiger partial charge in [-0.3, -0.25) is 4.79 Å². The zero-order valence-corrected chi connectivity index (χ0v) is 17.1. The highest BCUT2D eigenvalue weighted by atomic mass is 16.5. The van der Waals surface area contributed by atoms with E-state index in [1.165, 1.54) is 0 Å². The Hall–Kier alpha value is -4.44. The Kier molecular flexibility index (Phi) is 4.22. The van der Waals surface area contributed by atoms with Gasteiger partial charge in [-0.2, -0.15) is 0 Å². The summed E-state index contributed by atoms with van der Waals surface area (Å²) in [5, 5.41) is 4.73. The third kappa shape index (κ3) is 3.01. The van der Waals surface area contributed by atoms with E-state index in [1.807, 2.05) is 84.9 Å². The van der Waals surface area contributed by atoms with E-state index in [-0.39, 0.29) is 5.43 Å². The summed E-state index contributed by atoms with van der Waals surface area (Å²) in [6, 6.07) is 33.1. The molecule has 0 amide bonds. The minimum absolute atomic E-state index is 0.0177. The van der Waals surface area contributed by atoms with E-state index in [2.05, 4.69) is 22.1 Å². The van der Waals surface area contributed by atoms with Crippen LogP contribution in [0.5, 0.6) is 11.8 Å². The van der Waals surface area contributed by atoms with Crippen LogP contribution in [0.15, 0.2) is 108 Å². The molecule has 0 atom stereocenters. The highest BCUT2D eigenvalue weighted by molar-refractivity contribution is 6.24. The van der Waals surface area contributed by atoms with Gasteiger partial charge in [0.25, 0.3) is 0 Å². The molecule has 0 fully saturated rings. The van der Waals surface area contributed by atoms with Gasteiger partial charge in [-0.15, -0.1) is 0 Å². The molecule has 0 spiro atoms. The van der Waals surface area contributed by atoms with Crippen LogP contribution in [0.2, 0.25) is 0 Å². The first kappa shape index (κ1) is 18.3. The van der Waals surface area contributed by atoms with Crippen molar-refractivity contribution in [2.24, 2.45) is 0 Å². The van der Waals surface area contributed by atoms with Crippen molar-refractivity contribution in [3.8, 4) is 23.0 Å². The van der Waals surface area contributed by atoms with Crippen molar-refractivity contribution >= 4 is 32.4 Å². The van der Waals surface area contributed by atoms with Gasteiger partial charge in [0.05, 0.1) is 16.6 Å². The number of ether oxygens (including phenoxy) is 1. The summed E-state index contributed by atoms with van der Waals surface area (Å²) >= 11 is 0. The fourth-order valence-corrected chi connectivity index (χ4v) is 4.28. The molecule has 0 unspecified atom stereocenters. The molecule has 2 aromatic heterocycles. The lowest BCUT2D eigenvalue weighted by molar-refractivity contribution is 0.447. The minimum Gasteiger partial charge on any atom is -0.423 e. The summed E-state index contributed by atoms with van der Waals surface area (Å²) in [5.41, 5.74) is 2.60. The maximum atomic E-state index is 12.8. The van der Waals surface area contributed by atoms with Crippen LogP contribution >= 0.6 is 0 Å². The molecule has 4 heteroatoms. The van der Waals surface area contributed by atoms with Crippen LogP contribution in [-0.4, -0.2) is 9.97 Å². The van der Waals surface area contributed by atoms with Gasteiger partial charge >= 0.3 is 0 Å². The molecule has 152 valence electrons. The number of hydrogen-bond acceptors (Lipinski definition) is 3. The molecule has 4 aromatic carbocycles. The lowest BCUT2D eigenvalue weighted by Crippen LogP contribution is -2.01. The standard InChI is InChI=1S/C28H18N2O2/c31-24-14-6-12-21-19-10-4-5-11-20(19)22-16-17-26(30-28(22)27(21)24)32-25-15-7-13-23(29-25)18-8-2-1-3-9-18/h1-17,30H. The molecule has 0 radical (unpaired) electrons. The van der Waals surface area contributed by atoms with Crippen molar-refractivity contribution in [3.63, 3.8) is 0 Å². The molecular formula is C28H18N2O2. The Labute approximate surface area is 183 Å². The topological polar surface area (TPSA) is 55.0 Å². The third-order valence-corrected chi connectivity index (χ3v) is 5.71. The maximum Gasteiger partial charge on any atom is 0.221 e. The Morgan fingerprint density at radius 1 is 0.625 bits per heavy atom. The largest absolute Gasteiger partial charge is 0.423 e. The van der Waals surface area contributed by atoms with Crippen molar-refractivity contribution in [1.82, 2.24) is 9.97 Å². The summed E-state index contributed by atoms with van der Waals surface area (Å²) in [4.78, 5) is 20.8. The van der Waals surface area contributed by atoms with Gasteiger partial charge in [-0.05, 0) is 40.4 Å². The number of pyridine rings is 2. The lowest BCUT2D eigenvalue weighted by atomic mass is 9.97. The van der Waals surface area contributed by atoms with E-state index in [0.29, 0.717) is 17.1 Å². The molecular weight excluding hydrogens is 396 g/mol. The van der Waals surface area contributed by atoms with E-state index in [1.54, 1.807) is 6.07 Å². The van der Waals surface area contributed by atoms with Crippen molar-refractivity contribution < 1.29 is 4.74 Å². The third-order valence-electron chi connectivity index (χ3n) is 5.71. The molecule has 0 aliphatic carbocycles. The predicted octanol–water partition coefficient (Wildman–Crippen LogP) is 6.69. The van der Waals surface area contributed by atoms with Crippen molar-refractivity contribution in [1.29, 1.82) is 0 Å². The predicted molar refractivity (Wildman–Crippen MR) is 129 cm³/mol. The summed E-state index contributed by atoms with van der Waals surface area (Å²) in [5.74, 6) is 1.00. The summed E-state index contributed by atoms with van der Waals surface area (Å²) in [6.07, 6.45) is 0. The van der Waals surface area contributed by atoms with Gasteiger partial charge < -0.3 is 9.72 Å². The van der Waals surface area contributed by atoms with Crippen LogP contribution < -0.4 is 10.2 Å². The minimum atomic E-state index is -0.0177. The molecule has 1 N–H and O–H groups in total. The average Bonchev–Trinajstić information content (AvgIpc) is 2.85. The summed E-state index contributed by atoms with van der Waals surface area (Å²) in [7, 11) is 0. The van der Waals surface area contributed by atoms with Gasteiger partial charge in [0.1, 0.15) is 0 Å². The fraction of sp³-hybridized carbons (Fsp3) is 0. The Morgan fingerprint density at radius 2 is 1.34 bits per heavy atom. The second kappa shape index (κ2) is 7.36. The van der Waals surface area contributed by atoms with Gasteiger partial charge in [0, 0.05) is 17.0 Å². The lowest BCUT2D eigenvalue weighted by Gasteiger charge is -2.12. The quantitative estimate of drug-likeness (QED) is 0.328. The number of fused-ring (bicyclic) bond motifs is 6. The molecule has 6 aromatic rings. The number of H-pyrrole nitrogens is 1. The number of hydrogen-bond donors (Lipinski definition) is 1. The Balaban J connectivity index is 1.52. The van der Waals surface area contributed by atoms with E-state index < -0.39 is 0 Å². The molecule has 32 heavy (non-hydrogen) atoms. The zero-order valence-electron chi connectivity index (χ0n) is 17.1. The van der Waals surface area contributed by atoms with Crippen LogP contribution in [0, 0.1) is 0 Å². The number of nitrogens with one attached hydrogen (secondary N) is 1. The smallest absolute Gasteiger partial charge is 0.221 e. The molecule has 0 saturated carbocycles. The number of benzene rings is 4. The number of rotatable bonds is 3. The van der Waals surface area contributed by atoms with Gasteiger partial charge in [0.2, 0.25) is 5.88 Å².